The summed E-state index contributed by atoms with van der Waals surface area (Å²) in [7, 11) is 0. The van der Waals surface area contributed by atoms with E-state index in [4.69, 9.17) is 5.11 Å². The first-order valence-electron chi connectivity index (χ1n) is 5.95. The molecule has 1 N–H and O–H groups in total. The third-order valence-corrected chi connectivity index (χ3v) is 3.30. The van der Waals surface area contributed by atoms with E-state index in [0.29, 0.717) is 6.54 Å². The number of benzene rings is 1. The normalized spacial score (nSPS) is 20.3. The van der Waals surface area contributed by atoms with Crippen LogP contribution >= 0.6 is 0 Å². The number of carbonyl (C=O) groups excluding carboxylic acids is 1. The van der Waals surface area contributed by atoms with Crippen molar-refractivity contribution in [3.05, 3.63) is 35.4 Å². The third kappa shape index (κ3) is 2.57. The fraction of sp³-hybridized carbons (Fsp3) is 0.462. The Morgan fingerprint density at radius 2 is 2.06 bits per heavy atom. The van der Waals surface area contributed by atoms with Gasteiger partial charge in [-0.15, -0.1) is 0 Å². The Morgan fingerprint density at radius 3 is 2.67 bits per heavy atom. The molecule has 18 heavy (non-hydrogen) atoms. The zero-order chi connectivity index (χ0) is 13.1. The minimum atomic E-state index is -0.834. The molecule has 1 heterocycles. The fourth-order valence-corrected chi connectivity index (χ4v) is 2.34. The number of rotatable bonds is 4. The maximum absolute atomic E-state index is 13.4. The van der Waals surface area contributed by atoms with Crippen LogP contribution in [0.15, 0.2) is 18.2 Å². The number of Topliss-reactive ketones (excluding diaryl/α,β-unsaturated/α-hetero) is 1. The molecule has 5 heteroatoms. The van der Waals surface area contributed by atoms with Crippen LogP contribution in [0.5, 0.6) is 0 Å². The molecular formula is C13H15F2NO2. The van der Waals surface area contributed by atoms with Crippen LogP contribution in [0.25, 0.3) is 0 Å². The molecule has 98 valence electrons. The second-order valence-electron chi connectivity index (χ2n) is 4.47. The van der Waals surface area contributed by atoms with Gasteiger partial charge in [0.2, 0.25) is 0 Å². The summed E-state index contributed by atoms with van der Waals surface area (Å²) < 4.78 is 26.9. The van der Waals surface area contributed by atoms with Gasteiger partial charge < -0.3 is 5.11 Å². The number of nitrogens with zero attached hydrogens (tertiary/aromatic N) is 1. The predicted molar refractivity (Wildman–Crippen MR) is 62.4 cm³/mol. The molecule has 3 nitrogen and oxygen atoms in total. The van der Waals surface area contributed by atoms with E-state index in [9.17, 15) is 13.6 Å². The number of ketones is 1. The number of hydrogen-bond acceptors (Lipinski definition) is 3. The number of aliphatic hydroxyl groups excluding tert-OH is 1. The van der Waals surface area contributed by atoms with Crippen molar-refractivity contribution in [3.8, 4) is 0 Å². The summed E-state index contributed by atoms with van der Waals surface area (Å²) in [5.41, 5.74) is -0.485. The Hall–Kier alpha value is -1.33. The highest BCUT2D eigenvalue weighted by atomic mass is 19.1. The van der Waals surface area contributed by atoms with Gasteiger partial charge in [0.1, 0.15) is 11.6 Å². The number of aliphatic hydroxyl groups is 1. The number of halogens is 2. The lowest BCUT2D eigenvalue weighted by atomic mass is 10.1. The van der Waals surface area contributed by atoms with Gasteiger partial charge in [-0.1, -0.05) is 6.07 Å². The van der Waals surface area contributed by atoms with Crippen LogP contribution < -0.4 is 0 Å². The van der Waals surface area contributed by atoms with Crippen molar-refractivity contribution in [2.24, 2.45) is 0 Å². The first kappa shape index (κ1) is 13.1. The fourth-order valence-electron chi connectivity index (χ4n) is 2.34. The molecule has 1 aromatic carbocycles. The van der Waals surface area contributed by atoms with Crippen LogP contribution in [-0.2, 0) is 0 Å². The molecule has 0 saturated carbocycles. The van der Waals surface area contributed by atoms with Crippen LogP contribution in [0.1, 0.15) is 23.2 Å². The quantitative estimate of drug-likeness (QED) is 0.831. The van der Waals surface area contributed by atoms with E-state index in [1.54, 1.807) is 4.90 Å². The lowest BCUT2D eigenvalue weighted by Crippen LogP contribution is -2.36. The van der Waals surface area contributed by atoms with Crippen LogP contribution in [-0.4, -0.2) is 41.5 Å². The van der Waals surface area contributed by atoms with E-state index in [1.165, 1.54) is 6.07 Å². The molecule has 1 saturated heterocycles. The minimum absolute atomic E-state index is 0.0347. The average Bonchev–Trinajstić information content (AvgIpc) is 2.76. The van der Waals surface area contributed by atoms with Gasteiger partial charge >= 0.3 is 0 Å². The van der Waals surface area contributed by atoms with E-state index in [2.05, 4.69) is 0 Å². The summed E-state index contributed by atoms with van der Waals surface area (Å²) in [5.74, 6) is -2.24. The number of carbonyl (C=O) groups is 1. The molecular weight excluding hydrogens is 240 g/mol. The highest BCUT2D eigenvalue weighted by Crippen LogP contribution is 2.19. The first-order valence-corrected chi connectivity index (χ1v) is 5.95. The molecule has 0 aliphatic carbocycles. The van der Waals surface area contributed by atoms with Crippen LogP contribution in [0.4, 0.5) is 8.78 Å². The predicted octanol–water partition coefficient (Wildman–Crippen LogP) is 1.60. The Kier molecular flexibility index (Phi) is 4.04. The second-order valence-corrected chi connectivity index (χ2v) is 4.47. The first-order chi connectivity index (χ1) is 8.63. The monoisotopic (exact) mass is 255 g/mol. The van der Waals surface area contributed by atoms with Crippen molar-refractivity contribution < 1.29 is 18.7 Å². The highest BCUT2D eigenvalue weighted by Gasteiger charge is 2.27. The third-order valence-electron chi connectivity index (χ3n) is 3.30. The summed E-state index contributed by atoms with van der Waals surface area (Å²) in [4.78, 5) is 13.7. The summed E-state index contributed by atoms with van der Waals surface area (Å²) in [6, 6.07) is 3.30. The molecule has 1 aromatic rings. The van der Waals surface area contributed by atoms with Gasteiger partial charge in [-0.25, -0.2) is 8.78 Å². The molecule has 1 aliphatic heterocycles. The Bertz CT molecular complexity index is 430. The SMILES string of the molecule is O=C(CN1CCCC1CO)c1c(F)cccc1F. The lowest BCUT2D eigenvalue weighted by Gasteiger charge is -2.21. The van der Waals surface area contributed by atoms with Crippen molar-refractivity contribution in [2.75, 3.05) is 19.7 Å². The van der Waals surface area contributed by atoms with E-state index in [1.807, 2.05) is 0 Å². The van der Waals surface area contributed by atoms with E-state index >= 15 is 0 Å². The van der Waals surface area contributed by atoms with Crippen molar-refractivity contribution in [1.82, 2.24) is 4.90 Å². The number of likely N-dealkylation sites (tertiary alicyclic amines) is 1. The lowest BCUT2D eigenvalue weighted by molar-refractivity contribution is 0.0880. The van der Waals surface area contributed by atoms with Crippen LogP contribution in [0.3, 0.4) is 0 Å². The molecule has 1 fully saturated rings. The molecule has 0 aromatic heterocycles. The molecule has 2 rings (SSSR count). The van der Waals surface area contributed by atoms with Gasteiger partial charge in [0.15, 0.2) is 5.78 Å². The van der Waals surface area contributed by atoms with Gasteiger partial charge in [-0.3, -0.25) is 9.69 Å². The van der Waals surface area contributed by atoms with E-state index in [-0.39, 0.29) is 19.2 Å². The van der Waals surface area contributed by atoms with Crippen LogP contribution in [0, 0.1) is 11.6 Å². The zero-order valence-corrected chi connectivity index (χ0v) is 9.90. The highest BCUT2D eigenvalue weighted by molar-refractivity contribution is 5.98. The van der Waals surface area contributed by atoms with Crippen molar-refractivity contribution in [3.63, 3.8) is 0 Å². The van der Waals surface area contributed by atoms with Crippen molar-refractivity contribution in [2.45, 2.75) is 18.9 Å². The Morgan fingerprint density at radius 1 is 1.39 bits per heavy atom. The number of hydrogen-bond donors (Lipinski definition) is 1. The second kappa shape index (κ2) is 5.54. The van der Waals surface area contributed by atoms with Gasteiger partial charge in [-0.05, 0) is 31.5 Å². The molecule has 1 atom stereocenters. The Balaban J connectivity index is 2.12. The Labute approximate surface area is 104 Å². The van der Waals surface area contributed by atoms with E-state index < -0.39 is 23.0 Å². The van der Waals surface area contributed by atoms with Gasteiger partial charge in [0, 0.05) is 6.04 Å². The molecule has 0 radical (unpaired) electrons. The molecule has 0 spiro atoms. The maximum atomic E-state index is 13.4. The summed E-state index contributed by atoms with van der Waals surface area (Å²) in [6.07, 6.45) is 1.70. The van der Waals surface area contributed by atoms with Crippen molar-refractivity contribution >= 4 is 5.78 Å². The standard InChI is InChI=1S/C13H15F2NO2/c14-10-4-1-5-11(15)13(10)12(18)7-16-6-2-3-9(16)8-17/h1,4-5,9,17H,2-3,6-8H2. The van der Waals surface area contributed by atoms with E-state index in [0.717, 1.165) is 25.0 Å². The zero-order valence-electron chi connectivity index (χ0n) is 9.90. The average molecular weight is 255 g/mol. The summed E-state index contributed by atoms with van der Waals surface area (Å²) >= 11 is 0. The van der Waals surface area contributed by atoms with Crippen LogP contribution in [0.2, 0.25) is 0 Å². The topological polar surface area (TPSA) is 40.5 Å². The molecule has 0 amide bonds. The van der Waals surface area contributed by atoms with Gasteiger partial charge in [0.25, 0.3) is 0 Å². The maximum Gasteiger partial charge on any atom is 0.182 e. The largest absolute Gasteiger partial charge is 0.395 e. The summed E-state index contributed by atoms with van der Waals surface area (Å²) in [5, 5.41) is 9.13. The molecule has 0 bridgehead atoms. The summed E-state index contributed by atoms with van der Waals surface area (Å²) in [6.45, 7) is 0.586. The van der Waals surface area contributed by atoms with Crippen molar-refractivity contribution in [1.29, 1.82) is 0 Å². The molecule has 1 aliphatic rings. The molecule has 1 unspecified atom stereocenters. The van der Waals surface area contributed by atoms with Gasteiger partial charge in [0.05, 0.1) is 18.7 Å². The smallest absolute Gasteiger partial charge is 0.182 e. The van der Waals surface area contributed by atoms with Gasteiger partial charge in [-0.2, -0.15) is 0 Å². The minimum Gasteiger partial charge on any atom is -0.395 e.